The molecule has 6 heteroatoms. The fourth-order valence-corrected chi connectivity index (χ4v) is 4.06. The smallest absolute Gasteiger partial charge is 0.237 e. The van der Waals surface area contributed by atoms with E-state index in [2.05, 4.69) is 10.3 Å². The summed E-state index contributed by atoms with van der Waals surface area (Å²) in [6, 6.07) is 3.54. The summed E-state index contributed by atoms with van der Waals surface area (Å²) in [5, 5.41) is 2.68. The van der Waals surface area contributed by atoms with Crippen LogP contribution in [0.2, 0.25) is 0 Å². The largest absolute Gasteiger partial charge is 0.373 e. The molecule has 0 unspecified atom stereocenters. The van der Waals surface area contributed by atoms with Crippen molar-refractivity contribution in [3.05, 3.63) is 18.3 Å². The summed E-state index contributed by atoms with van der Waals surface area (Å²) in [5.41, 5.74) is 0.612. The molecule has 0 saturated heterocycles. The first-order chi connectivity index (χ1) is 8.55. The maximum Gasteiger partial charge on any atom is 0.237 e. The molecule has 1 saturated carbocycles. The lowest BCUT2D eigenvalue weighted by atomic mass is 10.4. The van der Waals surface area contributed by atoms with Crippen LogP contribution in [0.5, 0.6) is 0 Å². The Balaban J connectivity index is 2.21. The molecule has 1 N–H and O–H groups in total. The number of pyridine rings is 1. The molecular weight excluding hydrogens is 250 g/mol. The zero-order valence-electron chi connectivity index (χ0n) is 10.8. The highest BCUT2D eigenvalue weighted by molar-refractivity contribution is 7.93. The number of hydrogen-bond acceptors (Lipinski definition) is 4. The molecule has 0 atom stereocenters. The molecule has 0 bridgehead atoms. The molecule has 100 valence electrons. The fraction of sp³-hybridized carbons (Fsp3) is 0.583. The van der Waals surface area contributed by atoms with Gasteiger partial charge in [0, 0.05) is 14.1 Å². The Morgan fingerprint density at radius 1 is 1.33 bits per heavy atom. The number of hydrogen-bond donors (Lipinski definition) is 1. The van der Waals surface area contributed by atoms with Gasteiger partial charge in [0.2, 0.25) is 10.0 Å². The second-order valence-electron chi connectivity index (χ2n) is 4.57. The van der Waals surface area contributed by atoms with Gasteiger partial charge in [-0.05, 0) is 25.0 Å². The third-order valence-corrected chi connectivity index (χ3v) is 5.76. The van der Waals surface area contributed by atoms with Crippen LogP contribution in [0, 0.1) is 0 Å². The van der Waals surface area contributed by atoms with E-state index < -0.39 is 10.0 Å². The predicted molar refractivity (Wildman–Crippen MR) is 73.4 cm³/mol. The van der Waals surface area contributed by atoms with E-state index in [1.54, 1.807) is 32.4 Å². The van der Waals surface area contributed by atoms with Gasteiger partial charge in [-0.3, -0.25) is 4.31 Å². The molecule has 18 heavy (non-hydrogen) atoms. The van der Waals surface area contributed by atoms with E-state index in [1.807, 2.05) is 0 Å². The maximum absolute atomic E-state index is 12.4. The molecule has 1 aromatic rings. The summed E-state index contributed by atoms with van der Waals surface area (Å²) in [5.74, 6) is 0.727. The molecule has 0 radical (unpaired) electrons. The quantitative estimate of drug-likeness (QED) is 0.906. The molecule has 0 aromatic carbocycles. The van der Waals surface area contributed by atoms with Crippen molar-refractivity contribution < 1.29 is 8.42 Å². The molecule has 0 spiro atoms. The molecule has 5 nitrogen and oxygen atoms in total. The molecule has 1 aliphatic carbocycles. The average Bonchev–Trinajstić information content (AvgIpc) is 2.92. The number of nitrogens with zero attached hydrogens (tertiary/aromatic N) is 2. The number of aromatic nitrogens is 1. The van der Waals surface area contributed by atoms with Gasteiger partial charge >= 0.3 is 0 Å². The van der Waals surface area contributed by atoms with Crippen LogP contribution in [-0.2, 0) is 10.0 Å². The van der Waals surface area contributed by atoms with Gasteiger partial charge in [-0.15, -0.1) is 0 Å². The van der Waals surface area contributed by atoms with Gasteiger partial charge in [0.1, 0.15) is 5.82 Å². The first kappa shape index (κ1) is 13.1. The van der Waals surface area contributed by atoms with Crippen molar-refractivity contribution in [2.24, 2.45) is 0 Å². The lowest BCUT2D eigenvalue weighted by Crippen LogP contribution is -2.34. The Bertz CT molecular complexity index is 493. The third kappa shape index (κ3) is 2.43. The highest BCUT2D eigenvalue weighted by atomic mass is 32.2. The highest BCUT2D eigenvalue weighted by Crippen LogP contribution is 2.29. The van der Waals surface area contributed by atoms with E-state index >= 15 is 0 Å². The van der Waals surface area contributed by atoms with Gasteiger partial charge in [0.05, 0.1) is 17.1 Å². The fourth-order valence-electron chi connectivity index (χ4n) is 2.28. The molecule has 1 aliphatic rings. The maximum atomic E-state index is 12.4. The zero-order chi connectivity index (χ0) is 13.2. The summed E-state index contributed by atoms with van der Waals surface area (Å²) in [4.78, 5) is 4.14. The Hall–Kier alpha value is -1.30. The van der Waals surface area contributed by atoms with E-state index in [1.165, 1.54) is 4.31 Å². The monoisotopic (exact) mass is 269 g/mol. The summed E-state index contributed by atoms with van der Waals surface area (Å²) < 4.78 is 26.1. The van der Waals surface area contributed by atoms with Crippen LogP contribution in [0.15, 0.2) is 18.3 Å². The average molecular weight is 269 g/mol. The van der Waals surface area contributed by atoms with Gasteiger partial charge in [0.15, 0.2) is 0 Å². The van der Waals surface area contributed by atoms with Gasteiger partial charge in [-0.1, -0.05) is 12.8 Å². The highest BCUT2D eigenvalue weighted by Gasteiger charge is 2.32. The van der Waals surface area contributed by atoms with Crippen LogP contribution in [0.25, 0.3) is 0 Å². The lowest BCUT2D eigenvalue weighted by Gasteiger charge is -2.23. The van der Waals surface area contributed by atoms with E-state index in [-0.39, 0.29) is 5.25 Å². The predicted octanol–water partition coefficient (Wildman–Crippen LogP) is 1.83. The van der Waals surface area contributed by atoms with E-state index in [0.717, 1.165) is 31.5 Å². The van der Waals surface area contributed by atoms with Crippen LogP contribution in [0.1, 0.15) is 25.7 Å². The summed E-state index contributed by atoms with van der Waals surface area (Å²) in [6.07, 6.45) is 5.14. The minimum absolute atomic E-state index is 0.230. The van der Waals surface area contributed by atoms with Gasteiger partial charge in [0.25, 0.3) is 0 Å². The number of nitrogens with one attached hydrogen (secondary N) is 1. The topological polar surface area (TPSA) is 62.3 Å². The summed E-state index contributed by atoms with van der Waals surface area (Å²) >= 11 is 0. The van der Waals surface area contributed by atoms with Crippen LogP contribution in [0.4, 0.5) is 11.5 Å². The molecule has 0 aliphatic heterocycles. The Morgan fingerprint density at radius 2 is 2.00 bits per heavy atom. The van der Waals surface area contributed by atoms with Crippen molar-refractivity contribution in [1.29, 1.82) is 0 Å². The molecule has 1 fully saturated rings. The van der Waals surface area contributed by atoms with Crippen molar-refractivity contribution in [3.63, 3.8) is 0 Å². The molecular formula is C12H19N3O2S. The minimum Gasteiger partial charge on any atom is -0.373 e. The Kier molecular flexibility index (Phi) is 3.75. The first-order valence-corrected chi connectivity index (χ1v) is 7.67. The van der Waals surface area contributed by atoms with Crippen LogP contribution < -0.4 is 9.62 Å². The van der Waals surface area contributed by atoms with Gasteiger partial charge < -0.3 is 5.32 Å². The number of rotatable bonds is 4. The van der Waals surface area contributed by atoms with Crippen molar-refractivity contribution in [3.8, 4) is 0 Å². The van der Waals surface area contributed by atoms with E-state index in [0.29, 0.717) is 5.69 Å². The summed E-state index contributed by atoms with van der Waals surface area (Å²) in [7, 11) is 0.141. The van der Waals surface area contributed by atoms with Gasteiger partial charge in [-0.2, -0.15) is 0 Å². The van der Waals surface area contributed by atoms with Crippen molar-refractivity contribution >= 4 is 21.5 Å². The standard InChI is InChI=1S/C12H19N3O2S/c1-13-12-8-7-10(9-14-12)15(2)18(16,17)11-5-3-4-6-11/h7-9,11H,3-6H2,1-2H3,(H,13,14). The number of anilines is 2. The SMILES string of the molecule is CNc1ccc(N(C)S(=O)(=O)C2CCCC2)cn1. The second kappa shape index (κ2) is 5.14. The van der Waals surface area contributed by atoms with Gasteiger partial charge in [-0.25, -0.2) is 13.4 Å². The molecule has 0 amide bonds. The normalized spacial score (nSPS) is 16.8. The minimum atomic E-state index is -3.24. The lowest BCUT2D eigenvalue weighted by molar-refractivity contribution is 0.578. The van der Waals surface area contributed by atoms with Crippen molar-refractivity contribution in [1.82, 2.24) is 4.98 Å². The third-order valence-electron chi connectivity index (χ3n) is 3.47. The van der Waals surface area contributed by atoms with Crippen LogP contribution in [-0.4, -0.2) is 32.7 Å². The number of sulfonamides is 1. The van der Waals surface area contributed by atoms with Crippen LogP contribution >= 0.6 is 0 Å². The van der Waals surface area contributed by atoms with Crippen molar-refractivity contribution in [2.75, 3.05) is 23.7 Å². The second-order valence-corrected chi connectivity index (χ2v) is 6.81. The Morgan fingerprint density at radius 3 is 2.50 bits per heavy atom. The van der Waals surface area contributed by atoms with Crippen LogP contribution in [0.3, 0.4) is 0 Å². The molecule has 1 aromatic heterocycles. The molecule has 2 rings (SSSR count). The van der Waals surface area contributed by atoms with E-state index in [4.69, 9.17) is 0 Å². The zero-order valence-corrected chi connectivity index (χ0v) is 11.6. The van der Waals surface area contributed by atoms with E-state index in [9.17, 15) is 8.42 Å². The Labute approximate surface area is 108 Å². The summed E-state index contributed by atoms with van der Waals surface area (Å²) in [6.45, 7) is 0. The van der Waals surface area contributed by atoms with Crippen molar-refractivity contribution in [2.45, 2.75) is 30.9 Å². The molecule has 1 heterocycles. The first-order valence-electron chi connectivity index (χ1n) is 6.17.